The second kappa shape index (κ2) is 8.56. The first kappa shape index (κ1) is 21.0. The molecule has 21 heavy (non-hydrogen) atoms. The number of rotatable bonds is 10. The molecule has 0 radical (unpaired) electrons. The largest absolute Gasteiger partial charge is 0.374 e. The first-order chi connectivity index (χ1) is 9.46. The Morgan fingerprint density at radius 1 is 0.667 bits per heavy atom. The topological polar surface area (TPSA) is 9.23 Å². The molecule has 0 saturated heterocycles. The highest BCUT2D eigenvalue weighted by molar-refractivity contribution is 4.85. The molecule has 0 amide bonds. The Morgan fingerprint density at radius 2 is 0.952 bits per heavy atom. The van der Waals surface area contributed by atoms with Crippen LogP contribution in [0.4, 0.5) is 0 Å². The monoisotopic (exact) mass is 298 g/mol. The van der Waals surface area contributed by atoms with E-state index in [2.05, 4.69) is 69.2 Å². The van der Waals surface area contributed by atoms with Crippen molar-refractivity contribution in [1.82, 2.24) is 0 Å². The second-order valence-corrected chi connectivity index (χ2v) is 9.06. The van der Waals surface area contributed by atoms with Crippen LogP contribution in [0.2, 0.25) is 0 Å². The van der Waals surface area contributed by atoms with Crippen molar-refractivity contribution in [3.05, 3.63) is 0 Å². The lowest BCUT2D eigenvalue weighted by Crippen LogP contribution is -2.42. The lowest BCUT2D eigenvalue weighted by Gasteiger charge is -2.42. The predicted octanol–water partition coefficient (Wildman–Crippen LogP) is 6.70. The molecule has 128 valence electrons. The Morgan fingerprint density at radius 3 is 1.14 bits per heavy atom. The van der Waals surface area contributed by atoms with Crippen LogP contribution in [0.25, 0.3) is 0 Å². The van der Waals surface area contributed by atoms with Gasteiger partial charge in [-0.05, 0) is 48.3 Å². The zero-order valence-electron chi connectivity index (χ0n) is 16.5. The summed E-state index contributed by atoms with van der Waals surface area (Å²) >= 11 is 0. The van der Waals surface area contributed by atoms with Gasteiger partial charge in [0, 0.05) is 0 Å². The van der Waals surface area contributed by atoms with Crippen molar-refractivity contribution >= 4 is 0 Å². The van der Waals surface area contributed by atoms with Crippen LogP contribution in [-0.2, 0) is 4.74 Å². The van der Waals surface area contributed by atoms with Crippen molar-refractivity contribution in [3.8, 4) is 0 Å². The molecule has 0 aliphatic carbocycles. The number of hydrogen-bond acceptors (Lipinski definition) is 1. The highest BCUT2D eigenvalue weighted by atomic mass is 16.5. The third-order valence-corrected chi connectivity index (χ3v) is 5.27. The van der Waals surface area contributed by atoms with E-state index in [-0.39, 0.29) is 10.8 Å². The zero-order valence-corrected chi connectivity index (χ0v) is 16.5. The molecule has 0 aliphatic heterocycles. The molecule has 0 N–H and O–H groups in total. The van der Waals surface area contributed by atoms with Crippen LogP contribution in [0, 0.1) is 22.7 Å². The lowest BCUT2D eigenvalue weighted by molar-refractivity contribution is -0.129. The van der Waals surface area contributed by atoms with Gasteiger partial charge in [0.05, 0.1) is 12.2 Å². The SMILES string of the molecule is CCC(C)(C)C(CC(C)C)OC(CC(C)C)C(C)(C)CC. The van der Waals surface area contributed by atoms with E-state index >= 15 is 0 Å². The standard InChI is InChI=1S/C20H42O/c1-11-19(7,8)17(13-15(3)4)21-18(14-16(5)6)20(9,10)12-2/h15-18H,11-14H2,1-10H3. The van der Waals surface area contributed by atoms with E-state index in [0.717, 1.165) is 12.8 Å². The van der Waals surface area contributed by atoms with Crippen molar-refractivity contribution in [2.75, 3.05) is 0 Å². The van der Waals surface area contributed by atoms with E-state index in [4.69, 9.17) is 4.74 Å². The summed E-state index contributed by atoms with van der Waals surface area (Å²) in [5, 5.41) is 0. The smallest absolute Gasteiger partial charge is 0.0632 e. The zero-order chi connectivity index (χ0) is 16.8. The third-order valence-electron chi connectivity index (χ3n) is 5.27. The fourth-order valence-corrected chi connectivity index (χ4v) is 2.63. The molecule has 0 fully saturated rings. The number of ether oxygens (including phenoxy) is 1. The molecule has 1 heteroatoms. The molecule has 2 unspecified atom stereocenters. The molecule has 0 aromatic rings. The average molecular weight is 299 g/mol. The fourth-order valence-electron chi connectivity index (χ4n) is 2.63. The van der Waals surface area contributed by atoms with Gasteiger partial charge in [-0.15, -0.1) is 0 Å². The van der Waals surface area contributed by atoms with E-state index < -0.39 is 0 Å². The predicted molar refractivity (Wildman–Crippen MR) is 95.7 cm³/mol. The summed E-state index contributed by atoms with van der Waals surface area (Å²) in [6, 6.07) is 0. The normalized spacial score (nSPS) is 16.6. The fraction of sp³-hybridized carbons (Fsp3) is 1.00. The Labute approximate surface area is 135 Å². The van der Waals surface area contributed by atoms with Crippen LogP contribution in [-0.4, -0.2) is 12.2 Å². The van der Waals surface area contributed by atoms with E-state index in [1.807, 2.05) is 0 Å². The highest BCUT2D eigenvalue weighted by Gasteiger charge is 2.36. The number of hydrogen-bond donors (Lipinski definition) is 0. The first-order valence-corrected chi connectivity index (χ1v) is 9.11. The van der Waals surface area contributed by atoms with Crippen molar-refractivity contribution in [2.24, 2.45) is 22.7 Å². The van der Waals surface area contributed by atoms with Gasteiger partial charge in [-0.25, -0.2) is 0 Å². The molecule has 0 spiro atoms. The maximum absolute atomic E-state index is 6.78. The molecule has 0 heterocycles. The Bertz CT molecular complexity index is 248. The van der Waals surface area contributed by atoms with Crippen molar-refractivity contribution in [2.45, 2.75) is 107 Å². The maximum atomic E-state index is 6.78. The minimum atomic E-state index is 0.253. The molecule has 0 saturated carbocycles. The van der Waals surface area contributed by atoms with Crippen LogP contribution < -0.4 is 0 Å². The van der Waals surface area contributed by atoms with Crippen LogP contribution in [0.5, 0.6) is 0 Å². The van der Waals surface area contributed by atoms with Gasteiger partial charge < -0.3 is 4.74 Å². The van der Waals surface area contributed by atoms with Crippen LogP contribution >= 0.6 is 0 Å². The molecule has 2 atom stereocenters. The van der Waals surface area contributed by atoms with E-state index in [1.165, 1.54) is 12.8 Å². The highest BCUT2D eigenvalue weighted by Crippen LogP contribution is 2.38. The minimum absolute atomic E-state index is 0.253. The maximum Gasteiger partial charge on any atom is 0.0632 e. The van der Waals surface area contributed by atoms with Crippen molar-refractivity contribution in [3.63, 3.8) is 0 Å². The quantitative estimate of drug-likeness (QED) is 0.436. The molecular formula is C20H42O. The summed E-state index contributed by atoms with van der Waals surface area (Å²) in [7, 11) is 0. The Balaban J connectivity index is 5.20. The summed E-state index contributed by atoms with van der Waals surface area (Å²) in [4.78, 5) is 0. The lowest BCUT2D eigenvalue weighted by atomic mass is 9.77. The summed E-state index contributed by atoms with van der Waals surface area (Å²) in [6.07, 6.45) is 5.38. The van der Waals surface area contributed by atoms with Crippen LogP contribution in [0.3, 0.4) is 0 Å². The van der Waals surface area contributed by atoms with Gasteiger partial charge in [0.25, 0.3) is 0 Å². The van der Waals surface area contributed by atoms with Gasteiger partial charge in [0.1, 0.15) is 0 Å². The summed E-state index contributed by atoms with van der Waals surface area (Å²) in [5.74, 6) is 1.37. The van der Waals surface area contributed by atoms with Gasteiger partial charge in [-0.2, -0.15) is 0 Å². The van der Waals surface area contributed by atoms with Crippen LogP contribution in [0.1, 0.15) is 94.9 Å². The van der Waals surface area contributed by atoms with Gasteiger partial charge in [0.15, 0.2) is 0 Å². The minimum Gasteiger partial charge on any atom is -0.374 e. The van der Waals surface area contributed by atoms with Crippen molar-refractivity contribution < 1.29 is 4.74 Å². The van der Waals surface area contributed by atoms with Crippen molar-refractivity contribution in [1.29, 1.82) is 0 Å². The summed E-state index contributed by atoms with van der Waals surface area (Å²) in [6.45, 7) is 23.3. The second-order valence-electron chi connectivity index (χ2n) is 9.06. The third kappa shape index (κ3) is 7.17. The first-order valence-electron chi connectivity index (χ1n) is 9.11. The van der Waals surface area contributed by atoms with Gasteiger partial charge >= 0.3 is 0 Å². The molecule has 0 aromatic carbocycles. The average Bonchev–Trinajstić information content (AvgIpc) is 2.35. The molecule has 0 aromatic heterocycles. The van der Waals surface area contributed by atoms with Gasteiger partial charge in [-0.1, -0.05) is 69.2 Å². The van der Waals surface area contributed by atoms with E-state index in [0.29, 0.717) is 24.0 Å². The molecule has 0 rings (SSSR count). The molecular weight excluding hydrogens is 256 g/mol. The summed E-state index contributed by atoms with van der Waals surface area (Å²) in [5.41, 5.74) is 0.507. The Kier molecular flexibility index (Phi) is 8.54. The Hall–Kier alpha value is -0.0400. The molecule has 0 aliphatic rings. The van der Waals surface area contributed by atoms with Gasteiger partial charge in [-0.3, -0.25) is 0 Å². The molecule has 0 bridgehead atoms. The summed E-state index contributed by atoms with van der Waals surface area (Å²) < 4.78 is 6.78. The van der Waals surface area contributed by atoms with E-state index in [9.17, 15) is 0 Å². The van der Waals surface area contributed by atoms with Gasteiger partial charge in [0.2, 0.25) is 0 Å². The van der Waals surface area contributed by atoms with Crippen LogP contribution in [0.15, 0.2) is 0 Å². The molecule has 1 nitrogen and oxygen atoms in total. The van der Waals surface area contributed by atoms with E-state index in [1.54, 1.807) is 0 Å².